The maximum atomic E-state index is 12.0. The Morgan fingerprint density at radius 1 is 1.04 bits per heavy atom. The van der Waals surface area contributed by atoms with Crippen molar-refractivity contribution in [3.05, 3.63) is 60.2 Å². The van der Waals surface area contributed by atoms with Crippen molar-refractivity contribution in [2.45, 2.75) is 26.2 Å². The summed E-state index contributed by atoms with van der Waals surface area (Å²) < 4.78 is 0. The molecule has 2 N–H and O–H groups in total. The van der Waals surface area contributed by atoms with Crippen LogP contribution < -0.4 is 15.5 Å². The van der Waals surface area contributed by atoms with Gasteiger partial charge in [0.05, 0.1) is 0 Å². The van der Waals surface area contributed by atoms with Crippen LogP contribution >= 0.6 is 0 Å². The van der Waals surface area contributed by atoms with Crippen LogP contribution in [0.25, 0.3) is 0 Å². The van der Waals surface area contributed by atoms with Crippen molar-refractivity contribution >= 4 is 17.4 Å². The number of anilines is 2. The van der Waals surface area contributed by atoms with Gasteiger partial charge in [0.2, 0.25) is 0 Å². The highest BCUT2D eigenvalue weighted by atomic mass is 16.2. The van der Waals surface area contributed by atoms with E-state index in [0.29, 0.717) is 6.54 Å². The van der Waals surface area contributed by atoms with E-state index >= 15 is 0 Å². The molecule has 1 heterocycles. The molecule has 0 unspecified atom stereocenters. The van der Waals surface area contributed by atoms with Gasteiger partial charge in [-0.2, -0.15) is 0 Å². The van der Waals surface area contributed by atoms with Gasteiger partial charge in [-0.25, -0.2) is 4.79 Å². The Morgan fingerprint density at radius 2 is 1.72 bits per heavy atom. The molecule has 25 heavy (non-hydrogen) atoms. The van der Waals surface area contributed by atoms with E-state index in [0.717, 1.165) is 31.1 Å². The molecule has 0 aromatic heterocycles. The quantitative estimate of drug-likeness (QED) is 0.855. The molecule has 1 fully saturated rings. The van der Waals surface area contributed by atoms with Gasteiger partial charge in [-0.3, -0.25) is 0 Å². The fourth-order valence-electron chi connectivity index (χ4n) is 3.16. The van der Waals surface area contributed by atoms with E-state index in [1.165, 1.54) is 24.1 Å². The molecule has 1 aliphatic rings. The number of nitrogens with one attached hydrogen (secondary N) is 2. The topological polar surface area (TPSA) is 44.4 Å². The largest absolute Gasteiger partial charge is 0.372 e. The van der Waals surface area contributed by atoms with Crippen molar-refractivity contribution in [3.63, 3.8) is 0 Å². The molecule has 3 rings (SSSR count). The minimum atomic E-state index is -0.157. The zero-order valence-electron chi connectivity index (χ0n) is 14.9. The van der Waals surface area contributed by atoms with Gasteiger partial charge < -0.3 is 15.5 Å². The molecular formula is C21H27N3O. The Labute approximate surface area is 150 Å². The number of piperidine rings is 1. The Hall–Kier alpha value is -2.49. The van der Waals surface area contributed by atoms with Gasteiger partial charge >= 0.3 is 6.03 Å². The van der Waals surface area contributed by atoms with Gasteiger partial charge in [0, 0.05) is 31.0 Å². The summed E-state index contributed by atoms with van der Waals surface area (Å²) in [6.07, 6.45) is 3.34. The summed E-state index contributed by atoms with van der Waals surface area (Å²) in [6, 6.07) is 18.1. The fraction of sp³-hybridized carbons (Fsp3) is 0.381. The van der Waals surface area contributed by atoms with Crippen molar-refractivity contribution < 1.29 is 4.79 Å². The molecule has 4 nitrogen and oxygen atoms in total. The highest BCUT2D eigenvalue weighted by Crippen LogP contribution is 2.24. The lowest BCUT2D eigenvalue weighted by molar-refractivity contribution is 0.252. The van der Waals surface area contributed by atoms with Crippen LogP contribution in [-0.4, -0.2) is 25.7 Å². The monoisotopic (exact) mass is 337 g/mol. The molecule has 0 aliphatic carbocycles. The Bertz CT molecular complexity index is 661. The summed E-state index contributed by atoms with van der Waals surface area (Å²) in [5.74, 6) is 0.830. The zero-order chi connectivity index (χ0) is 17.5. The van der Waals surface area contributed by atoms with E-state index in [2.05, 4.69) is 46.7 Å². The third kappa shape index (κ3) is 5.24. The normalized spacial score (nSPS) is 15.0. The van der Waals surface area contributed by atoms with Crippen molar-refractivity contribution in [2.24, 2.45) is 5.92 Å². The van der Waals surface area contributed by atoms with Crippen molar-refractivity contribution in [3.8, 4) is 0 Å². The van der Waals surface area contributed by atoms with Gasteiger partial charge in [-0.1, -0.05) is 37.3 Å². The molecule has 1 saturated heterocycles. The van der Waals surface area contributed by atoms with Crippen molar-refractivity contribution in [2.75, 3.05) is 29.9 Å². The molecule has 2 aromatic carbocycles. The van der Waals surface area contributed by atoms with Crippen LogP contribution in [0.4, 0.5) is 16.2 Å². The summed E-state index contributed by atoms with van der Waals surface area (Å²) in [5.41, 5.74) is 3.29. The van der Waals surface area contributed by atoms with Crippen molar-refractivity contribution in [1.82, 2.24) is 5.32 Å². The van der Waals surface area contributed by atoms with E-state index in [-0.39, 0.29) is 6.03 Å². The third-order valence-electron chi connectivity index (χ3n) is 4.82. The minimum Gasteiger partial charge on any atom is -0.372 e. The molecule has 0 atom stereocenters. The molecule has 0 bridgehead atoms. The van der Waals surface area contributed by atoms with Gasteiger partial charge in [0.15, 0.2) is 0 Å². The first-order valence-corrected chi connectivity index (χ1v) is 9.14. The summed E-state index contributed by atoms with van der Waals surface area (Å²) in [5, 5.41) is 5.80. The first-order chi connectivity index (χ1) is 12.2. The highest BCUT2D eigenvalue weighted by molar-refractivity contribution is 5.89. The van der Waals surface area contributed by atoms with E-state index < -0.39 is 0 Å². The van der Waals surface area contributed by atoms with Crippen LogP contribution in [0, 0.1) is 5.92 Å². The van der Waals surface area contributed by atoms with Gasteiger partial charge in [-0.05, 0) is 55.0 Å². The Balaban J connectivity index is 1.44. The molecule has 0 radical (unpaired) electrons. The standard InChI is InChI=1S/C21H27N3O/c1-17-12-15-24(16-13-17)20-9-7-19(8-10-20)23-21(25)22-14-11-18-5-3-2-4-6-18/h2-10,17H,11-16H2,1H3,(H2,22,23,25). The first-order valence-electron chi connectivity index (χ1n) is 9.14. The SMILES string of the molecule is CC1CCN(c2ccc(NC(=O)NCCc3ccccc3)cc2)CC1. The minimum absolute atomic E-state index is 0.157. The molecule has 0 saturated carbocycles. The van der Waals surface area contributed by atoms with Crippen LogP contribution in [0.3, 0.4) is 0 Å². The smallest absolute Gasteiger partial charge is 0.319 e. The van der Waals surface area contributed by atoms with E-state index in [9.17, 15) is 4.79 Å². The number of rotatable bonds is 5. The third-order valence-corrected chi connectivity index (χ3v) is 4.82. The van der Waals surface area contributed by atoms with Crippen LogP contribution in [0.2, 0.25) is 0 Å². The van der Waals surface area contributed by atoms with Crippen LogP contribution in [0.15, 0.2) is 54.6 Å². The van der Waals surface area contributed by atoms with Gasteiger partial charge in [0.25, 0.3) is 0 Å². The Morgan fingerprint density at radius 3 is 2.40 bits per heavy atom. The average Bonchev–Trinajstić information content (AvgIpc) is 2.64. The molecular weight excluding hydrogens is 310 g/mol. The number of amides is 2. The van der Waals surface area contributed by atoms with Crippen LogP contribution in [0.1, 0.15) is 25.3 Å². The summed E-state index contributed by atoms with van der Waals surface area (Å²) in [7, 11) is 0. The Kier molecular flexibility index (Phi) is 5.94. The van der Waals surface area contributed by atoms with E-state index in [1.807, 2.05) is 30.3 Å². The maximum Gasteiger partial charge on any atom is 0.319 e. The summed E-state index contributed by atoms with van der Waals surface area (Å²) in [6.45, 7) is 5.18. The summed E-state index contributed by atoms with van der Waals surface area (Å²) in [4.78, 5) is 14.4. The van der Waals surface area contributed by atoms with Crippen molar-refractivity contribution in [1.29, 1.82) is 0 Å². The predicted molar refractivity (Wildman–Crippen MR) is 104 cm³/mol. The predicted octanol–water partition coefficient (Wildman–Crippen LogP) is 4.29. The van der Waals surface area contributed by atoms with Crippen LogP contribution in [0.5, 0.6) is 0 Å². The van der Waals surface area contributed by atoms with E-state index in [1.54, 1.807) is 0 Å². The first kappa shape index (κ1) is 17.3. The van der Waals surface area contributed by atoms with Crippen LogP contribution in [-0.2, 0) is 6.42 Å². The zero-order valence-corrected chi connectivity index (χ0v) is 14.9. The number of carbonyl (C=O) groups is 1. The van der Waals surface area contributed by atoms with Gasteiger partial charge in [0.1, 0.15) is 0 Å². The number of hydrogen-bond acceptors (Lipinski definition) is 2. The fourth-order valence-corrected chi connectivity index (χ4v) is 3.16. The van der Waals surface area contributed by atoms with Gasteiger partial charge in [-0.15, -0.1) is 0 Å². The average molecular weight is 337 g/mol. The second-order valence-corrected chi connectivity index (χ2v) is 6.83. The number of urea groups is 1. The highest BCUT2D eigenvalue weighted by Gasteiger charge is 2.15. The lowest BCUT2D eigenvalue weighted by Gasteiger charge is -2.32. The lowest BCUT2D eigenvalue weighted by atomic mass is 9.99. The van der Waals surface area contributed by atoms with E-state index in [4.69, 9.17) is 0 Å². The number of carbonyl (C=O) groups excluding carboxylic acids is 1. The molecule has 2 amide bonds. The number of benzene rings is 2. The molecule has 0 spiro atoms. The molecule has 1 aliphatic heterocycles. The summed E-state index contributed by atoms with van der Waals surface area (Å²) >= 11 is 0. The second kappa shape index (κ2) is 8.56. The molecule has 4 heteroatoms. The molecule has 2 aromatic rings. The lowest BCUT2D eigenvalue weighted by Crippen LogP contribution is -2.32. The number of hydrogen-bond donors (Lipinski definition) is 2. The maximum absolute atomic E-state index is 12.0. The molecule has 132 valence electrons. The second-order valence-electron chi connectivity index (χ2n) is 6.83. The number of nitrogens with zero attached hydrogens (tertiary/aromatic N) is 1.